The average molecular weight is 254 g/mol. The van der Waals surface area contributed by atoms with E-state index in [4.69, 9.17) is 4.74 Å². The molecule has 2 fully saturated rings. The van der Waals surface area contributed by atoms with Crippen molar-refractivity contribution in [3.63, 3.8) is 0 Å². The smallest absolute Gasteiger partial charge is 0.227 e. The number of carbonyl (C=O) groups is 2. The zero-order chi connectivity index (χ0) is 13.0. The molecule has 18 heavy (non-hydrogen) atoms. The van der Waals surface area contributed by atoms with Crippen LogP contribution >= 0.6 is 0 Å². The van der Waals surface area contributed by atoms with Crippen LogP contribution in [0.15, 0.2) is 0 Å². The zero-order valence-electron chi connectivity index (χ0n) is 11.0. The minimum absolute atomic E-state index is 0.0446. The molecule has 2 heterocycles. The largest absolute Gasteiger partial charge is 0.381 e. The summed E-state index contributed by atoms with van der Waals surface area (Å²) in [5, 5.41) is 5.89. The Bertz CT molecular complexity index is 312. The van der Waals surface area contributed by atoms with Gasteiger partial charge in [0.05, 0.1) is 5.41 Å². The van der Waals surface area contributed by atoms with E-state index in [9.17, 15) is 9.59 Å². The van der Waals surface area contributed by atoms with E-state index in [2.05, 4.69) is 10.6 Å². The fraction of sp³-hybridized carbons (Fsp3) is 0.846. The van der Waals surface area contributed by atoms with Crippen molar-refractivity contribution >= 4 is 11.8 Å². The predicted octanol–water partition coefficient (Wildman–Crippen LogP) is 0.588. The molecular formula is C13H22N2O3. The van der Waals surface area contributed by atoms with Gasteiger partial charge in [0.2, 0.25) is 11.8 Å². The van der Waals surface area contributed by atoms with E-state index in [1.807, 2.05) is 6.92 Å². The van der Waals surface area contributed by atoms with E-state index in [0.29, 0.717) is 19.4 Å². The lowest BCUT2D eigenvalue weighted by molar-refractivity contribution is -0.135. The Labute approximate surface area is 108 Å². The summed E-state index contributed by atoms with van der Waals surface area (Å²) in [5.74, 6) is 0.109. The van der Waals surface area contributed by atoms with Gasteiger partial charge in [-0.25, -0.2) is 0 Å². The molecule has 2 aliphatic heterocycles. The summed E-state index contributed by atoms with van der Waals surface area (Å²) in [6.45, 7) is 3.88. The highest BCUT2D eigenvalue weighted by atomic mass is 16.5. The number of hydrogen-bond donors (Lipinski definition) is 2. The molecule has 0 bridgehead atoms. The Morgan fingerprint density at radius 3 is 3.00 bits per heavy atom. The molecule has 0 radical (unpaired) electrons. The molecule has 0 unspecified atom stereocenters. The van der Waals surface area contributed by atoms with Gasteiger partial charge in [0.25, 0.3) is 0 Å². The highest BCUT2D eigenvalue weighted by molar-refractivity contribution is 5.86. The Kier molecular flexibility index (Phi) is 4.22. The van der Waals surface area contributed by atoms with Crippen molar-refractivity contribution in [1.29, 1.82) is 0 Å². The van der Waals surface area contributed by atoms with Crippen LogP contribution in [-0.4, -0.2) is 37.6 Å². The first-order chi connectivity index (χ1) is 8.60. The number of carbonyl (C=O) groups excluding carboxylic acids is 2. The van der Waals surface area contributed by atoms with Crippen LogP contribution in [0, 0.1) is 5.41 Å². The number of rotatable bonds is 2. The number of hydrogen-bond acceptors (Lipinski definition) is 3. The Morgan fingerprint density at radius 2 is 2.28 bits per heavy atom. The molecule has 2 saturated heterocycles. The van der Waals surface area contributed by atoms with Crippen LogP contribution in [0.25, 0.3) is 0 Å². The van der Waals surface area contributed by atoms with E-state index >= 15 is 0 Å². The van der Waals surface area contributed by atoms with Crippen molar-refractivity contribution in [1.82, 2.24) is 10.6 Å². The van der Waals surface area contributed by atoms with Crippen LogP contribution in [0.2, 0.25) is 0 Å². The first-order valence-electron chi connectivity index (χ1n) is 6.75. The van der Waals surface area contributed by atoms with Crippen molar-refractivity contribution in [2.24, 2.45) is 5.41 Å². The Hall–Kier alpha value is -1.10. The van der Waals surface area contributed by atoms with Gasteiger partial charge in [0.1, 0.15) is 0 Å². The summed E-state index contributed by atoms with van der Waals surface area (Å²) in [6, 6.07) is 0.217. The second-order valence-electron chi connectivity index (χ2n) is 5.55. The summed E-state index contributed by atoms with van der Waals surface area (Å²) in [4.78, 5) is 23.5. The molecular weight excluding hydrogens is 232 g/mol. The summed E-state index contributed by atoms with van der Waals surface area (Å²) in [7, 11) is 0. The molecule has 5 heteroatoms. The van der Waals surface area contributed by atoms with Crippen LogP contribution in [0.4, 0.5) is 0 Å². The second kappa shape index (κ2) is 5.69. The van der Waals surface area contributed by atoms with E-state index in [1.54, 1.807) is 0 Å². The fourth-order valence-corrected chi connectivity index (χ4v) is 2.46. The lowest BCUT2D eigenvalue weighted by atomic mass is 9.81. The summed E-state index contributed by atoms with van der Waals surface area (Å²) in [6.07, 6.45) is 3.94. The molecule has 2 amide bonds. The normalized spacial score (nSPS) is 33.4. The molecule has 0 aromatic rings. The molecule has 2 N–H and O–H groups in total. The lowest BCUT2D eigenvalue weighted by Crippen LogP contribution is -2.52. The predicted molar refractivity (Wildman–Crippen MR) is 67.0 cm³/mol. The zero-order valence-corrected chi connectivity index (χ0v) is 11.0. The molecule has 0 aliphatic carbocycles. The number of amides is 2. The van der Waals surface area contributed by atoms with Crippen molar-refractivity contribution in [2.45, 2.75) is 45.1 Å². The maximum Gasteiger partial charge on any atom is 0.227 e. The topological polar surface area (TPSA) is 67.4 Å². The molecule has 2 atom stereocenters. The SMILES string of the molecule is C[C@]1(C(=O)N[C@H]2CCCOCC2)CCC(=O)NC1. The van der Waals surface area contributed by atoms with Crippen LogP contribution in [0.1, 0.15) is 39.0 Å². The van der Waals surface area contributed by atoms with Crippen LogP contribution < -0.4 is 10.6 Å². The molecule has 5 nitrogen and oxygen atoms in total. The van der Waals surface area contributed by atoms with Crippen molar-refractivity contribution < 1.29 is 14.3 Å². The van der Waals surface area contributed by atoms with Gasteiger partial charge in [0.15, 0.2) is 0 Å². The van der Waals surface area contributed by atoms with E-state index in [1.165, 1.54) is 0 Å². The maximum absolute atomic E-state index is 12.3. The summed E-state index contributed by atoms with van der Waals surface area (Å²) < 4.78 is 5.38. The minimum Gasteiger partial charge on any atom is -0.381 e. The molecule has 102 valence electrons. The number of piperidine rings is 1. The molecule has 0 aromatic heterocycles. The number of ether oxygens (including phenoxy) is 1. The van der Waals surface area contributed by atoms with E-state index < -0.39 is 5.41 Å². The van der Waals surface area contributed by atoms with Crippen molar-refractivity contribution in [2.75, 3.05) is 19.8 Å². The lowest BCUT2D eigenvalue weighted by Gasteiger charge is -2.33. The van der Waals surface area contributed by atoms with Gasteiger partial charge in [-0.2, -0.15) is 0 Å². The van der Waals surface area contributed by atoms with Gasteiger partial charge in [-0.3, -0.25) is 9.59 Å². The quantitative estimate of drug-likeness (QED) is 0.758. The molecule has 2 aliphatic rings. The van der Waals surface area contributed by atoms with Crippen LogP contribution in [0.3, 0.4) is 0 Å². The molecule has 0 aromatic carbocycles. The van der Waals surface area contributed by atoms with Gasteiger partial charge in [-0.15, -0.1) is 0 Å². The van der Waals surface area contributed by atoms with Gasteiger partial charge in [-0.1, -0.05) is 0 Å². The molecule has 0 spiro atoms. The molecule has 0 saturated carbocycles. The monoisotopic (exact) mass is 254 g/mol. The maximum atomic E-state index is 12.3. The van der Waals surface area contributed by atoms with E-state index in [0.717, 1.165) is 32.5 Å². The third-order valence-corrected chi connectivity index (χ3v) is 3.91. The Morgan fingerprint density at radius 1 is 1.44 bits per heavy atom. The van der Waals surface area contributed by atoms with Crippen molar-refractivity contribution in [3.8, 4) is 0 Å². The van der Waals surface area contributed by atoms with Gasteiger partial charge in [-0.05, 0) is 32.6 Å². The van der Waals surface area contributed by atoms with Crippen LogP contribution in [0.5, 0.6) is 0 Å². The van der Waals surface area contributed by atoms with Gasteiger partial charge in [0, 0.05) is 32.2 Å². The third-order valence-electron chi connectivity index (χ3n) is 3.91. The fourth-order valence-electron chi connectivity index (χ4n) is 2.46. The highest BCUT2D eigenvalue weighted by Gasteiger charge is 2.37. The highest BCUT2D eigenvalue weighted by Crippen LogP contribution is 2.26. The van der Waals surface area contributed by atoms with Gasteiger partial charge >= 0.3 is 0 Å². The van der Waals surface area contributed by atoms with Gasteiger partial charge < -0.3 is 15.4 Å². The minimum atomic E-state index is -0.457. The third kappa shape index (κ3) is 3.22. The Balaban J connectivity index is 1.88. The number of nitrogens with one attached hydrogen (secondary N) is 2. The van der Waals surface area contributed by atoms with E-state index in [-0.39, 0.29) is 17.9 Å². The second-order valence-corrected chi connectivity index (χ2v) is 5.55. The van der Waals surface area contributed by atoms with Crippen LogP contribution in [-0.2, 0) is 14.3 Å². The first kappa shape index (κ1) is 13.3. The van der Waals surface area contributed by atoms with Crippen molar-refractivity contribution in [3.05, 3.63) is 0 Å². The summed E-state index contributed by atoms with van der Waals surface area (Å²) >= 11 is 0. The summed E-state index contributed by atoms with van der Waals surface area (Å²) in [5.41, 5.74) is -0.457. The first-order valence-corrected chi connectivity index (χ1v) is 6.75. The standard InChI is InChI=1S/C13H22N2O3/c1-13(6-4-11(16)14-9-13)12(17)15-10-3-2-7-18-8-5-10/h10H,2-9H2,1H3,(H,14,16)(H,15,17)/t10-,13-/m0/s1. The molecule has 2 rings (SSSR count). The average Bonchev–Trinajstić information content (AvgIpc) is 2.62.